The van der Waals surface area contributed by atoms with Gasteiger partial charge in [0.15, 0.2) is 0 Å². The summed E-state index contributed by atoms with van der Waals surface area (Å²) in [6.45, 7) is 14.0. The average Bonchev–Trinajstić information content (AvgIpc) is 2.74. The van der Waals surface area contributed by atoms with E-state index in [0.29, 0.717) is 18.8 Å². The molecule has 0 saturated carbocycles. The topological polar surface area (TPSA) is 81.1 Å². The summed E-state index contributed by atoms with van der Waals surface area (Å²) in [5.74, 6) is 0.0460. The Hall–Kier alpha value is -1.14. The number of unbranched alkanes of at least 4 members (excludes halogenated alkanes) is 1. The first-order valence-electron chi connectivity index (χ1n) is 10.8. The minimum atomic E-state index is -1.01. The Kier molecular flexibility index (Phi) is 8.94. The van der Waals surface area contributed by atoms with E-state index in [1.807, 2.05) is 0 Å². The van der Waals surface area contributed by atoms with E-state index < -0.39 is 23.8 Å². The highest BCUT2D eigenvalue weighted by Crippen LogP contribution is 2.31. The fraction of sp³-hybridized carbons (Fsp3) is 0.909. The predicted molar refractivity (Wildman–Crippen MR) is 112 cm³/mol. The van der Waals surface area contributed by atoms with Crippen molar-refractivity contribution >= 4 is 11.9 Å². The lowest BCUT2D eigenvalue weighted by Crippen LogP contribution is -2.48. The zero-order chi connectivity index (χ0) is 21.7. The minimum Gasteiger partial charge on any atom is -0.391 e. The smallest absolute Gasteiger partial charge is 0.327 e. The van der Waals surface area contributed by atoms with Crippen LogP contribution in [0.2, 0.25) is 0 Å². The minimum absolute atomic E-state index is 0.0185. The van der Waals surface area contributed by atoms with Crippen molar-refractivity contribution in [1.82, 2.24) is 9.80 Å². The number of β-amino-alcohol motifs (C(OH)–C–C–N with tert-alkyl or cyclic N) is 2. The Bertz CT molecular complexity index is 533. The number of carbonyl (C=O) groups is 2. The van der Waals surface area contributed by atoms with Crippen LogP contribution in [-0.2, 0) is 4.79 Å². The zero-order valence-corrected chi connectivity index (χ0v) is 19.0. The second-order valence-electron chi connectivity index (χ2n) is 9.88. The van der Waals surface area contributed by atoms with Crippen LogP contribution in [0.5, 0.6) is 0 Å². The average molecular weight is 399 g/mol. The van der Waals surface area contributed by atoms with Gasteiger partial charge in [0.1, 0.15) is 5.54 Å². The molecular weight excluding hydrogens is 356 g/mol. The second kappa shape index (κ2) is 10.1. The molecule has 1 aliphatic rings. The molecule has 0 aromatic heterocycles. The summed E-state index contributed by atoms with van der Waals surface area (Å²) >= 11 is 0. The van der Waals surface area contributed by atoms with Crippen molar-refractivity contribution in [3.8, 4) is 0 Å². The molecule has 1 heterocycles. The number of hydrogen-bond donors (Lipinski definition) is 2. The van der Waals surface area contributed by atoms with Crippen LogP contribution >= 0.6 is 0 Å². The van der Waals surface area contributed by atoms with Gasteiger partial charge < -0.3 is 15.1 Å². The summed E-state index contributed by atoms with van der Waals surface area (Å²) in [5, 5.41) is 20.9. The predicted octanol–water partition coefficient (Wildman–Crippen LogP) is 3.79. The van der Waals surface area contributed by atoms with Gasteiger partial charge in [0.25, 0.3) is 5.91 Å². The summed E-state index contributed by atoms with van der Waals surface area (Å²) in [5.41, 5.74) is -1.04. The first kappa shape index (κ1) is 24.9. The molecule has 3 atom stereocenters. The quantitative estimate of drug-likeness (QED) is 0.490. The van der Waals surface area contributed by atoms with Crippen molar-refractivity contribution in [2.24, 2.45) is 11.3 Å². The number of amides is 3. The molecule has 6 heteroatoms. The van der Waals surface area contributed by atoms with Gasteiger partial charge in [-0.1, -0.05) is 60.3 Å². The molecule has 2 N–H and O–H groups in total. The number of aliphatic hydroxyl groups is 2. The van der Waals surface area contributed by atoms with Gasteiger partial charge in [0.2, 0.25) is 0 Å². The Labute approximate surface area is 171 Å². The van der Waals surface area contributed by atoms with Crippen molar-refractivity contribution in [2.45, 2.75) is 105 Å². The monoisotopic (exact) mass is 398 g/mol. The number of imide groups is 1. The van der Waals surface area contributed by atoms with Gasteiger partial charge in [-0.15, -0.1) is 0 Å². The molecular formula is C22H42N2O4. The van der Waals surface area contributed by atoms with Crippen LogP contribution in [0.3, 0.4) is 0 Å². The fourth-order valence-corrected chi connectivity index (χ4v) is 3.86. The van der Waals surface area contributed by atoms with Crippen LogP contribution in [0.25, 0.3) is 0 Å². The summed E-state index contributed by atoms with van der Waals surface area (Å²) in [6, 6.07) is -0.413. The fourth-order valence-electron chi connectivity index (χ4n) is 3.86. The summed E-state index contributed by atoms with van der Waals surface area (Å²) in [6.07, 6.45) is 3.91. The van der Waals surface area contributed by atoms with E-state index in [9.17, 15) is 19.8 Å². The summed E-state index contributed by atoms with van der Waals surface area (Å²) in [4.78, 5) is 28.4. The molecule has 3 amide bonds. The van der Waals surface area contributed by atoms with Crippen LogP contribution in [-0.4, -0.2) is 62.8 Å². The molecule has 0 aromatic rings. The first-order chi connectivity index (χ1) is 12.9. The first-order valence-corrected chi connectivity index (χ1v) is 10.8. The van der Waals surface area contributed by atoms with Crippen LogP contribution in [0.15, 0.2) is 0 Å². The van der Waals surface area contributed by atoms with Crippen LogP contribution < -0.4 is 0 Å². The lowest BCUT2D eigenvalue weighted by Gasteiger charge is -2.32. The number of hydrogen-bond acceptors (Lipinski definition) is 4. The lowest BCUT2D eigenvalue weighted by atomic mass is 9.84. The molecule has 6 nitrogen and oxygen atoms in total. The number of urea groups is 1. The molecule has 28 heavy (non-hydrogen) atoms. The standard InChI is InChI=1S/C22H42N2O4/c1-8-10-11-16(3)12-17(25)14-23-19(27)22(6,7)24(20(23)28)15-18(26)13-21(4,5)9-2/h16-18,25-26H,8-15H2,1-7H3. The van der Waals surface area contributed by atoms with Crippen LogP contribution in [0, 0.1) is 11.3 Å². The largest absolute Gasteiger partial charge is 0.391 e. The molecule has 1 rings (SSSR count). The number of rotatable bonds is 12. The maximum atomic E-state index is 12.9. The number of aliphatic hydroxyl groups excluding tert-OH is 2. The van der Waals surface area contributed by atoms with E-state index in [2.05, 4.69) is 34.6 Å². The van der Waals surface area contributed by atoms with E-state index >= 15 is 0 Å². The van der Waals surface area contributed by atoms with Crippen molar-refractivity contribution in [3.05, 3.63) is 0 Å². The van der Waals surface area contributed by atoms with Gasteiger partial charge >= 0.3 is 6.03 Å². The highest BCUT2D eigenvalue weighted by atomic mass is 16.3. The van der Waals surface area contributed by atoms with Gasteiger partial charge in [0.05, 0.1) is 18.8 Å². The molecule has 1 saturated heterocycles. The van der Waals surface area contributed by atoms with Crippen LogP contribution in [0.1, 0.15) is 87.0 Å². The third-order valence-corrected chi connectivity index (χ3v) is 6.16. The SMILES string of the molecule is CCCCC(C)CC(O)CN1C(=O)N(CC(O)CC(C)(C)CC)C(C)(C)C1=O. The number of carbonyl (C=O) groups excluding carboxylic acids is 2. The zero-order valence-electron chi connectivity index (χ0n) is 19.0. The molecule has 3 unspecified atom stereocenters. The maximum absolute atomic E-state index is 12.9. The van der Waals surface area contributed by atoms with Gasteiger partial charge in [-0.2, -0.15) is 0 Å². The van der Waals surface area contributed by atoms with Crippen molar-refractivity contribution in [3.63, 3.8) is 0 Å². The van der Waals surface area contributed by atoms with Crippen molar-refractivity contribution < 1.29 is 19.8 Å². The lowest BCUT2D eigenvalue weighted by molar-refractivity contribution is -0.133. The van der Waals surface area contributed by atoms with Crippen molar-refractivity contribution in [2.75, 3.05) is 13.1 Å². The highest BCUT2D eigenvalue weighted by molar-refractivity contribution is 6.06. The summed E-state index contributed by atoms with van der Waals surface area (Å²) in [7, 11) is 0. The van der Waals surface area contributed by atoms with Gasteiger partial charge in [0, 0.05) is 6.54 Å². The van der Waals surface area contributed by atoms with Crippen LogP contribution in [0.4, 0.5) is 4.79 Å². The molecule has 0 spiro atoms. The Morgan fingerprint density at radius 1 is 1.07 bits per heavy atom. The Morgan fingerprint density at radius 3 is 2.21 bits per heavy atom. The molecule has 0 aromatic carbocycles. The van der Waals surface area contributed by atoms with E-state index in [4.69, 9.17) is 0 Å². The van der Waals surface area contributed by atoms with E-state index in [-0.39, 0.29) is 24.4 Å². The van der Waals surface area contributed by atoms with Gasteiger partial charge in [-0.3, -0.25) is 9.69 Å². The van der Waals surface area contributed by atoms with E-state index in [1.54, 1.807) is 13.8 Å². The van der Waals surface area contributed by atoms with Gasteiger partial charge in [-0.05, 0) is 38.0 Å². The molecule has 0 bridgehead atoms. The third kappa shape index (κ3) is 6.45. The molecule has 0 radical (unpaired) electrons. The second-order valence-corrected chi connectivity index (χ2v) is 9.88. The number of nitrogens with zero attached hydrogens (tertiary/aromatic N) is 2. The van der Waals surface area contributed by atoms with Crippen molar-refractivity contribution in [1.29, 1.82) is 0 Å². The molecule has 164 valence electrons. The van der Waals surface area contributed by atoms with E-state index in [0.717, 1.165) is 30.6 Å². The summed E-state index contributed by atoms with van der Waals surface area (Å²) < 4.78 is 0. The van der Waals surface area contributed by atoms with E-state index in [1.165, 1.54) is 4.90 Å². The Balaban J connectivity index is 2.76. The Morgan fingerprint density at radius 2 is 1.68 bits per heavy atom. The molecule has 0 aliphatic carbocycles. The normalized spacial score (nSPS) is 20.6. The highest BCUT2D eigenvalue weighted by Gasteiger charge is 2.51. The molecule has 1 fully saturated rings. The third-order valence-electron chi connectivity index (χ3n) is 6.16. The van der Waals surface area contributed by atoms with Gasteiger partial charge in [-0.25, -0.2) is 4.79 Å². The maximum Gasteiger partial charge on any atom is 0.327 e. The molecule has 1 aliphatic heterocycles.